The molecule has 148 valence electrons. The first kappa shape index (κ1) is 18.6. The average molecular weight is 386 g/mol. The van der Waals surface area contributed by atoms with Crippen LogP contribution in [-0.4, -0.2) is 40.3 Å². The van der Waals surface area contributed by atoms with E-state index in [9.17, 15) is 14.0 Å². The Hall–Kier alpha value is -2.74. The van der Waals surface area contributed by atoms with Crippen molar-refractivity contribution in [3.05, 3.63) is 45.6 Å². The smallest absolute Gasteiger partial charge is 0.276 e. The zero-order chi connectivity index (χ0) is 19.7. The van der Waals surface area contributed by atoms with E-state index in [2.05, 4.69) is 15.4 Å². The second-order valence-electron chi connectivity index (χ2n) is 7.27. The minimum atomic E-state index is -0.428. The minimum Gasteiger partial charge on any atom is -0.381 e. The van der Waals surface area contributed by atoms with Crippen LogP contribution in [0.2, 0.25) is 0 Å². The van der Waals surface area contributed by atoms with Crippen LogP contribution in [0.15, 0.2) is 23.0 Å². The molecule has 0 atom stereocenters. The fraction of sp³-hybridized carbons (Fsp3) is 0.450. The van der Waals surface area contributed by atoms with Crippen LogP contribution in [0.1, 0.15) is 30.5 Å². The fourth-order valence-electron chi connectivity index (χ4n) is 3.72. The topological polar surface area (TPSA) is 88.5 Å². The van der Waals surface area contributed by atoms with Crippen LogP contribution in [0.3, 0.4) is 0 Å². The lowest BCUT2D eigenvalue weighted by molar-refractivity contribution is -0.121. The Morgan fingerprint density at radius 2 is 2.18 bits per heavy atom. The van der Waals surface area contributed by atoms with E-state index in [4.69, 9.17) is 4.74 Å². The van der Waals surface area contributed by atoms with Gasteiger partial charge in [-0.2, -0.15) is 0 Å². The molecule has 1 fully saturated rings. The molecular weight excluding hydrogens is 363 g/mol. The molecule has 1 aliphatic heterocycles. The van der Waals surface area contributed by atoms with Crippen molar-refractivity contribution in [2.45, 2.75) is 32.6 Å². The van der Waals surface area contributed by atoms with Crippen molar-refractivity contribution < 1.29 is 13.9 Å². The molecular formula is C20H23FN4O3. The lowest BCUT2D eigenvalue weighted by Gasteiger charge is -2.22. The molecule has 1 amide bonds. The van der Waals surface area contributed by atoms with Crippen molar-refractivity contribution in [3.63, 3.8) is 0 Å². The van der Waals surface area contributed by atoms with Gasteiger partial charge in [0.05, 0.1) is 10.9 Å². The van der Waals surface area contributed by atoms with Crippen molar-refractivity contribution in [3.8, 4) is 0 Å². The number of amides is 1. The molecule has 3 heterocycles. The summed E-state index contributed by atoms with van der Waals surface area (Å²) < 4.78 is 20.7. The lowest BCUT2D eigenvalue weighted by atomic mass is 10.0. The largest absolute Gasteiger partial charge is 0.381 e. The third-order valence-corrected chi connectivity index (χ3v) is 5.38. The highest BCUT2D eigenvalue weighted by Crippen LogP contribution is 2.21. The Balaban J connectivity index is 1.51. The maximum Gasteiger partial charge on any atom is 0.276 e. The normalized spacial score (nSPS) is 15.4. The molecule has 3 aromatic rings. The maximum atomic E-state index is 14.2. The van der Waals surface area contributed by atoms with Gasteiger partial charge in [0.1, 0.15) is 5.82 Å². The molecule has 4 rings (SSSR count). The van der Waals surface area contributed by atoms with Crippen molar-refractivity contribution >= 4 is 22.5 Å². The average Bonchev–Trinajstić information content (AvgIpc) is 3.07. The number of aryl methyl sites for hydroxylation is 1. The molecule has 0 radical (unpaired) electrons. The standard InChI is InChI=1S/C20H23FN4O3/c1-12-14(5-6-17(26)22-11-13-7-9-28-10-8-13)20(27)25-19(23-12)18-15(21)3-2-4-16(18)24-25/h2-4,13,24H,5-11H2,1H3,(H,22,26). The highest BCUT2D eigenvalue weighted by atomic mass is 19.1. The van der Waals surface area contributed by atoms with Crippen molar-refractivity contribution in [2.24, 2.45) is 5.92 Å². The van der Waals surface area contributed by atoms with E-state index < -0.39 is 5.82 Å². The van der Waals surface area contributed by atoms with E-state index in [1.165, 1.54) is 10.6 Å². The van der Waals surface area contributed by atoms with Crippen LogP contribution >= 0.6 is 0 Å². The molecule has 1 aromatic carbocycles. The van der Waals surface area contributed by atoms with Gasteiger partial charge < -0.3 is 10.1 Å². The summed E-state index contributed by atoms with van der Waals surface area (Å²) in [6.45, 7) is 3.84. The Labute approximate surface area is 160 Å². The molecule has 2 N–H and O–H groups in total. The highest BCUT2D eigenvalue weighted by Gasteiger charge is 2.18. The third-order valence-electron chi connectivity index (χ3n) is 5.38. The first-order valence-electron chi connectivity index (χ1n) is 9.57. The summed E-state index contributed by atoms with van der Waals surface area (Å²) in [5.41, 5.74) is 1.46. The SMILES string of the molecule is Cc1nc2c3c(F)cccc3[nH]n2c(=O)c1CCC(=O)NCC1CCOCC1. The molecule has 1 saturated heterocycles. The molecule has 28 heavy (non-hydrogen) atoms. The second kappa shape index (κ2) is 7.71. The van der Waals surface area contributed by atoms with Crippen molar-refractivity contribution in [2.75, 3.05) is 19.8 Å². The first-order chi connectivity index (χ1) is 13.5. The quantitative estimate of drug-likeness (QED) is 0.703. The van der Waals surface area contributed by atoms with E-state index in [0.717, 1.165) is 26.1 Å². The number of aromatic nitrogens is 3. The number of benzene rings is 1. The van der Waals surface area contributed by atoms with Gasteiger partial charge in [0, 0.05) is 37.4 Å². The van der Waals surface area contributed by atoms with Crippen LogP contribution in [-0.2, 0) is 16.0 Å². The first-order valence-corrected chi connectivity index (χ1v) is 9.57. The predicted octanol–water partition coefficient (Wildman–Crippen LogP) is 2.10. The van der Waals surface area contributed by atoms with Crippen LogP contribution in [0.25, 0.3) is 16.6 Å². The van der Waals surface area contributed by atoms with Gasteiger partial charge in [0.15, 0.2) is 5.65 Å². The number of carbonyl (C=O) groups excluding carboxylic acids is 1. The number of hydrogen-bond acceptors (Lipinski definition) is 4. The van der Waals surface area contributed by atoms with Gasteiger partial charge in [0.2, 0.25) is 5.91 Å². The van der Waals surface area contributed by atoms with E-state index in [0.29, 0.717) is 34.6 Å². The fourth-order valence-corrected chi connectivity index (χ4v) is 3.72. The summed E-state index contributed by atoms with van der Waals surface area (Å²) in [6.07, 6.45) is 2.41. The Morgan fingerprint density at radius 1 is 1.39 bits per heavy atom. The van der Waals surface area contributed by atoms with Gasteiger partial charge in [-0.15, -0.1) is 0 Å². The molecule has 1 aliphatic rings. The summed E-state index contributed by atoms with van der Waals surface area (Å²) in [5.74, 6) is -0.0646. The van der Waals surface area contributed by atoms with E-state index >= 15 is 0 Å². The predicted molar refractivity (Wildman–Crippen MR) is 103 cm³/mol. The number of hydrogen-bond donors (Lipinski definition) is 2. The van der Waals surface area contributed by atoms with Gasteiger partial charge in [-0.05, 0) is 44.2 Å². The third kappa shape index (κ3) is 3.52. The van der Waals surface area contributed by atoms with Gasteiger partial charge in [-0.1, -0.05) is 6.07 Å². The number of aromatic amines is 1. The summed E-state index contributed by atoms with van der Waals surface area (Å²) in [7, 11) is 0. The summed E-state index contributed by atoms with van der Waals surface area (Å²) >= 11 is 0. The molecule has 8 heteroatoms. The Bertz CT molecular complexity index is 1080. The molecule has 0 spiro atoms. The number of carbonyl (C=O) groups is 1. The summed E-state index contributed by atoms with van der Waals surface area (Å²) in [6, 6.07) is 4.62. The number of nitrogens with one attached hydrogen (secondary N) is 2. The van der Waals surface area contributed by atoms with E-state index in [1.54, 1.807) is 19.1 Å². The van der Waals surface area contributed by atoms with E-state index in [1.807, 2.05) is 0 Å². The van der Waals surface area contributed by atoms with Gasteiger partial charge in [-0.3, -0.25) is 14.7 Å². The molecule has 7 nitrogen and oxygen atoms in total. The second-order valence-corrected chi connectivity index (χ2v) is 7.27. The molecule has 0 bridgehead atoms. The number of halogens is 1. The van der Waals surface area contributed by atoms with Gasteiger partial charge >= 0.3 is 0 Å². The van der Waals surface area contributed by atoms with Crippen LogP contribution in [0.5, 0.6) is 0 Å². The monoisotopic (exact) mass is 386 g/mol. The Morgan fingerprint density at radius 3 is 2.96 bits per heavy atom. The van der Waals surface area contributed by atoms with Crippen molar-refractivity contribution in [1.29, 1.82) is 0 Å². The lowest BCUT2D eigenvalue weighted by Crippen LogP contribution is -2.32. The van der Waals surface area contributed by atoms with Crippen LogP contribution in [0, 0.1) is 18.7 Å². The Kier molecular flexibility index (Phi) is 5.13. The van der Waals surface area contributed by atoms with Gasteiger partial charge in [0.25, 0.3) is 5.56 Å². The minimum absolute atomic E-state index is 0.0851. The van der Waals surface area contributed by atoms with Gasteiger partial charge in [-0.25, -0.2) is 13.9 Å². The number of rotatable bonds is 5. The number of ether oxygens (including phenoxy) is 1. The van der Waals surface area contributed by atoms with Crippen LogP contribution in [0.4, 0.5) is 4.39 Å². The molecule has 2 aromatic heterocycles. The molecule has 0 unspecified atom stereocenters. The molecule has 0 aliphatic carbocycles. The zero-order valence-corrected chi connectivity index (χ0v) is 15.8. The summed E-state index contributed by atoms with van der Waals surface area (Å²) in [4.78, 5) is 29.5. The highest BCUT2D eigenvalue weighted by molar-refractivity contribution is 5.92. The van der Waals surface area contributed by atoms with Crippen molar-refractivity contribution in [1.82, 2.24) is 19.9 Å². The zero-order valence-electron chi connectivity index (χ0n) is 15.8. The summed E-state index contributed by atoms with van der Waals surface area (Å²) in [5, 5.41) is 6.14. The number of nitrogens with zero attached hydrogens (tertiary/aromatic N) is 2. The van der Waals surface area contributed by atoms with E-state index in [-0.39, 0.29) is 30.0 Å². The molecule has 0 saturated carbocycles. The number of H-pyrrole nitrogens is 1. The number of fused-ring (bicyclic) bond motifs is 3. The van der Waals surface area contributed by atoms with Crippen LogP contribution < -0.4 is 10.9 Å². The maximum absolute atomic E-state index is 14.2.